The van der Waals surface area contributed by atoms with Crippen LogP contribution in [0.3, 0.4) is 0 Å². The van der Waals surface area contributed by atoms with Crippen molar-refractivity contribution < 1.29 is 14.0 Å². The van der Waals surface area contributed by atoms with Gasteiger partial charge in [-0.3, -0.25) is 0 Å². The predicted octanol–water partition coefficient (Wildman–Crippen LogP) is 2.09. The average molecular weight is 289 g/mol. The molecule has 2 N–H and O–H groups in total. The summed E-state index contributed by atoms with van der Waals surface area (Å²) in [4.78, 5) is 4.46. The molecule has 2 heterocycles. The van der Waals surface area contributed by atoms with Crippen molar-refractivity contribution >= 4 is 0 Å². The van der Waals surface area contributed by atoms with Crippen molar-refractivity contribution in [1.29, 1.82) is 0 Å². The van der Waals surface area contributed by atoms with Crippen LogP contribution in [0, 0.1) is 12.8 Å². The lowest BCUT2D eigenvalue weighted by Gasteiger charge is -2.11. The van der Waals surface area contributed by atoms with Crippen LogP contribution in [0.15, 0.2) is 22.7 Å². The lowest BCUT2D eigenvalue weighted by atomic mass is 10.0. The first-order valence-electron chi connectivity index (χ1n) is 7.03. The molecule has 1 saturated heterocycles. The van der Waals surface area contributed by atoms with E-state index in [1.54, 1.807) is 7.11 Å². The van der Waals surface area contributed by atoms with E-state index in [9.17, 15) is 0 Å². The van der Waals surface area contributed by atoms with Crippen LogP contribution in [0.1, 0.15) is 24.0 Å². The van der Waals surface area contributed by atoms with Crippen molar-refractivity contribution in [2.75, 3.05) is 20.3 Å². The van der Waals surface area contributed by atoms with Crippen LogP contribution in [-0.4, -0.2) is 30.4 Å². The molecule has 112 valence electrons. The van der Waals surface area contributed by atoms with Gasteiger partial charge in [0.1, 0.15) is 11.9 Å². The zero-order valence-electron chi connectivity index (χ0n) is 12.2. The second-order valence-corrected chi connectivity index (χ2v) is 5.24. The number of methoxy groups -OCH3 is 1. The zero-order chi connectivity index (χ0) is 14.8. The Morgan fingerprint density at radius 1 is 1.43 bits per heavy atom. The van der Waals surface area contributed by atoms with Gasteiger partial charge in [0, 0.05) is 12.5 Å². The first-order valence-corrected chi connectivity index (χ1v) is 7.03. The summed E-state index contributed by atoms with van der Waals surface area (Å²) in [5, 5.41) is 4.05. The number of benzene rings is 1. The van der Waals surface area contributed by atoms with E-state index in [0.717, 1.165) is 23.3 Å². The molecule has 6 heteroatoms. The van der Waals surface area contributed by atoms with Crippen LogP contribution >= 0.6 is 0 Å². The van der Waals surface area contributed by atoms with Crippen molar-refractivity contribution in [3.63, 3.8) is 0 Å². The highest BCUT2D eigenvalue weighted by molar-refractivity contribution is 5.64. The van der Waals surface area contributed by atoms with Gasteiger partial charge >= 0.3 is 0 Å². The number of hydrogen-bond donors (Lipinski definition) is 1. The molecule has 2 atom stereocenters. The third-order valence-corrected chi connectivity index (χ3v) is 3.80. The normalized spacial score (nSPS) is 21.7. The molecule has 1 aliphatic heterocycles. The lowest BCUT2D eigenvalue weighted by Crippen LogP contribution is -2.18. The third-order valence-electron chi connectivity index (χ3n) is 3.80. The van der Waals surface area contributed by atoms with Gasteiger partial charge in [-0.15, -0.1) is 0 Å². The number of nitrogens with two attached hydrogens (primary N) is 1. The van der Waals surface area contributed by atoms with Gasteiger partial charge < -0.3 is 19.7 Å². The van der Waals surface area contributed by atoms with Crippen LogP contribution in [-0.2, 0) is 4.74 Å². The van der Waals surface area contributed by atoms with Gasteiger partial charge in [0.05, 0.1) is 12.7 Å². The van der Waals surface area contributed by atoms with E-state index in [1.807, 2.05) is 25.1 Å². The molecule has 0 bridgehead atoms. The molecule has 21 heavy (non-hydrogen) atoms. The Morgan fingerprint density at radius 2 is 2.29 bits per heavy atom. The van der Waals surface area contributed by atoms with Crippen molar-refractivity contribution in [2.45, 2.75) is 19.4 Å². The van der Waals surface area contributed by atoms with Crippen molar-refractivity contribution in [2.24, 2.45) is 11.7 Å². The Hall–Kier alpha value is -1.92. The standard InChI is InChI=1S/C15H19N3O3/c1-9-3-4-11(12(7-9)19-2)14-17-15(21-18-14)13-10(8-16)5-6-20-13/h3-4,7,10,13H,5-6,8,16H2,1-2H3/t10-,13-/m0/s1. The van der Waals surface area contributed by atoms with Crippen molar-refractivity contribution in [1.82, 2.24) is 10.1 Å². The van der Waals surface area contributed by atoms with E-state index in [1.165, 1.54) is 0 Å². The smallest absolute Gasteiger partial charge is 0.256 e. The van der Waals surface area contributed by atoms with Crippen LogP contribution in [0.2, 0.25) is 0 Å². The molecule has 0 amide bonds. The van der Waals surface area contributed by atoms with E-state index in [0.29, 0.717) is 24.9 Å². The monoisotopic (exact) mass is 289 g/mol. The Bertz CT molecular complexity index is 626. The van der Waals surface area contributed by atoms with Crippen LogP contribution in [0.25, 0.3) is 11.4 Å². The summed E-state index contributed by atoms with van der Waals surface area (Å²) in [6, 6.07) is 5.86. The topological polar surface area (TPSA) is 83.4 Å². The molecule has 3 rings (SSSR count). The molecule has 0 spiro atoms. The maximum absolute atomic E-state index is 5.75. The summed E-state index contributed by atoms with van der Waals surface area (Å²) >= 11 is 0. The number of nitrogens with zero attached hydrogens (tertiary/aromatic N) is 2. The quantitative estimate of drug-likeness (QED) is 0.928. The number of aromatic nitrogens is 2. The highest BCUT2D eigenvalue weighted by atomic mass is 16.5. The molecule has 0 radical (unpaired) electrons. The summed E-state index contributed by atoms with van der Waals surface area (Å²) in [5.74, 6) is 1.96. The highest BCUT2D eigenvalue weighted by Crippen LogP contribution is 2.35. The first-order chi connectivity index (χ1) is 10.2. The van der Waals surface area contributed by atoms with Gasteiger partial charge in [-0.2, -0.15) is 4.98 Å². The summed E-state index contributed by atoms with van der Waals surface area (Å²) in [5.41, 5.74) is 7.67. The molecule has 1 aliphatic rings. The molecule has 1 aromatic carbocycles. The maximum atomic E-state index is 5.75. The maximum Gasteiger partial charge on any atom is 0.256 e. The van der Waals surface area contributed by atoms with Gasteiger partial charge in [0.2, 0.25) is 5.82 Å². The van der Waals surface area contributed by atoms with E-state index in [-0.39, 0.29) is 12.0 Å². The van der Waals surface area contributed by atoms with Crippen molar-refractivity contribution in [3.8, 4) is 17.1 Å². The van der Waals surface area contributed by atoms with Gasteiger partial charge in [0.25, 0.3) is 5.89 Å². The number of ether oxygens (including phenoxy) is 2. The third kappa shape index (κ3) is 2.64. The van der Waals surface area contributed by atoms with Gasteiger partial charge in [-0.25, -0.2) is 0 Å². The van der Waals surface area contributed by atoms with E-state index >= 15 is 0 Å². The minimum Gasteiger partial charge on any atom is -0.496 e. The Morgan fingerprint density at radius 3 is 3.05 bits per heavy atom. The molecule has 2 aromatic rings. The minimum atomic E-state index is -0.201. The van der Waals surface area contributed by atoms with E-state index < -0.39 is 0 Å². The average Bonchev–Trinajstić information content (AvgIpc) is 3.15. The van der Waals surface area contributed by atoms with Crippen LogP contribution in [0.4, 0.5) is 0 Å². The van der Waals surface area contributed by atoms with Crippen LogP contribution in [0.5, 0.6) is 5.75 Å². The Kier molecular flexibility index (Phi) is 3.90. The summed E-state index contributed by atoms with van der Waals surface area (Å²) in [7, 11) is 1.63. The summed E-state index contributed by atoms with van der Waals surface area (Å²) in [6.45, 7) is 3.24. The fraction of sp³-hybridized carbons (Fsp3) is 0.467. The molecule has 0 aliphatic carbocycles. The Balaban J connectivity index is 1.91. The van der Waals surface area contributed by atoms with Crippen molar-refractivity contribution in [3.05, 3.63) is 29.7 Å². The Labute approximate surface area is 123 Å². The SMILES string of the molecule is COc1cc(C)ccc1-c1noc([C@H]2OCC[C@H]2CN)n1. The predicted molar refractivity (Wildman–Crippen MR) is 76.9 cm³/mol. The molecule has 0 unspecified atom stereocenters. The summed E-state index contributed by atoms with van der Waals surface area (Å²) in [6.07, 6.45) is 0.722. The largest absolute Gasteiger partial charge is 0.496 e. The molecule has 6 nitrogen and oxygen atoms in total. The molecular formula is C15H19N3O3. The van der Waals surface area contributed by atoms with Gasteiger partial charge in [-0.1, -0.05) is 11.2 Å². The van der Waals surface area contributed by atoms with Gasteiger partial charge in [0.15, 0.2) is 0 Å². The molecular weight excluding hydrogens is 270 g/mol. The van der Waals surface area contributed by atoms with Crippen LogP contribution < -0.4 is 10.5 Å². The van der Waals surface area contributed by atoms with E-state index in [2.05, 4.69) is 10.1 Å². The van der Waals surface area contributed by atoms with Gasteiger partial charge in [-0.05, 0) is 37.6 Å². The number of hydrogen-bond acceptors (Lipinski definition) is 6. The zero-order valence-corrected chi connectivity index (χ0v) is 12.2. The second-order valence-electron chi connectivity index (χ2n) is 5.24. The molecule has 1 fully saturated rings. The lowest BCUT2D eigenvalue weighted by molar-refractivity contribution is 0.0642. The molecule has 1 aromatic heterocycles. The minimum absolute atomic E-state index is 0.201. The molecule has 0 saturated carbocycles. The number of aryl methyl sites for hydroxylation is 1. The highest BCUT2D eigenvalue weighted by Gasteiger charge is 2.33. The fourth-order valence-corrected chi connectivity index (χ4v) is 2.59. The number of rotatable bonds is 4. The summed E-state index contributed by atoms with van der Waals surface area (Å²) < 4.78 is 16.4. The fourth-order valence-electron chi connectivity index (χ4n) is 2.59. The van der Waals surface area contributed by atoms with E-state index in [4.69, 9.17) is 19.7 Å². The first kappa shape index (κ1) is 14.0. The second kappa shape index (κ2) is 5.83.